The molecule has 2 heterocycles. The first kappa shape index (κ1) is 22.5. The number of piperazine rings is 1. The highest BCUT2D eigenvalue weighted by Gasteiger charge is 2.28. The van der Waals surface area contributed by atoms with Crippen LogP contribution in [0.2, 0.25) is 0 Å². The van der Waals surface area contributed by atoms with Gasteiger partial charge >= 0.3 is 0 Å². The number of likely N-dealkylation sites (N-methyl/N-ethyl adjacent to an activating group) is 1. The summed E-state index contributed by atoms with van der Waals surface area (Å²) in [7, 11) is 1.96. The fraction of sp³-hybridized carbons (Fsp3) is 0.913. The second kappa shape index (κ2) is 10.8. The molecule has 0 N–H and O–H groups in total. The number of piperidine rings is 1. The predicted octanol–water partition coefficient (Wildman–Crippen LogP) is 2.15. The number of carbonyl (C=O) groups is 2. The molecule has 0 bridgehead atoms. The average molecular weight is 407 g/mol. The molecule has 1 aliphatic carbocycles. The molecular formula is C23H42N4O2. The Balaban J connectivity index is 1.35. The second-order valence-electron chi connectivity index (χ2n) is 10.1. The molecule has 1 saturated carbocycles. The van der Waals surface area contributed by atoms with Gasteiger partial charge in [0.2, 0.25) is 11.8 Å². The Labute approximate surface area is 177 Å². The lowest BCUT2D eigenvalue weighted by Gasteiger charge is -2.38. The predicted molar refractivity (Wildman–Crippen MR) is 117 cm³/mol. The van der Waals surface area contributed by atoms with Crippen LogP contribution in [0.5, 0.6) is 0 Å². The maximum atomic E-state index is 12.7. The summed E-state index contributed by atoms with van der Waals surface area (Å²) < 4.78 is 0. The van der Waals surface area contributed by atoms with E-state index in [1.807, 2.05) is 11.9 Å². The van der Waals surface area contributed by atoms with Crippen LogP contribution in [0.4, 0.5) is 0 Å². The number of hydrogen-bond acceptors (Lipinski definition) is 4. The van der Waals surface area contributed by atoms with Crippen LogP contribution in [0.15, 0.2) is 0 Å². The average Bonchev–Trinajstić information content (AvgIpc) is 2.69. The zero-order chi connectivity index (χ0) is 20.8. The van der Waals surface area contributed by atoms with E-state index in [9.17, 15) is 9.59 Å². The van der Waals surface area contributed by atoms with Crippen molar-refractivity contribution in [2.75, 3.05) is 66.0 Å². The van der Waals surface area contributed by atoms with E-state index in [4.69, 9.17) is 0 Å². The van der Waals surface area contributed by atoms with E-state index < -0.39 is 0 Å². The Bertz CT molecular complexity index is 531. The highest BCUT2D eigenvalue weighted by Crippen LogP contribution is 2.24. The molecule has 6 heteroatoms. The van der Waals surface area contributed by atoms with E-state index in [2.05, 4.69) is 28.5 Å². The van der Waals surface area contributed by atoms with E-state index in [0.717, 1.165) is 45.8 Å². The standard InChI is InChI=1S/C23H42N4O2/c1-19-13-20(2)15-27(14-19)23(29)18-26-11-9-25(10-12-26)17-22(28)24(3)16-21-7-5-4-6-8-21/h19-21H,4-18H2,1-3H3. The van der Waals surface area contributed by atoms with Gasteiger partial charge in [-0.1, -0.05) is 33.1 Å². The van der Waals surface area contributed by atoms with Gasteiger partial charge in [0.05, 0.1) is 13.1 Å². The highest BCUT2D eigenvalue weighted by atomic mass is 16.2. The maximum Gasteiger partial charge on any atom is 0.236 e. The van der Waals surface area contributed by atoms with Gasteiger partial charge in [0.1, 0.15) is 0 Å². The number of rotatable bonds is 6. The largest absolute Gasteiger partial charge is 0.344 e. The molecule has 2 amide bonds. The van der Waals surface area contributed by atoms with Gasteiger partial charge in [0.25, 0.3) is 0 Å². The summed E-state index contributed by atoms with van der Waals surface area (Å²) in [4.78, 5) is 33.9. The second-order valence-corrected chi connectivity index (χ2v) is 10.1. The highest BCUT2D eigenvalue weighted by molar-refractivity contribution is 5.79. The minimum atomic E-state index is 0.247. The molecule has 0 spiro atoms. The van der Waals surface area contributed by atoms with Crippen molar-refractivity contribution >= 4 is 11.8 Å². The first-order chi connectivity index (χ1) is 13.9. The summed E-state index contributed by atoms with van der Waals surface area (Å²) in [6.07, 6.45) is 7.78. The molecule has 2 atom stereocenters. The molecule has 3 aliphatic rings. The Hall–Kier alpha value is -1.14. The van der Waals surface area contributed by atoms with Gasteiger partial charge in [0, 0.05) is 52.9 Å². The van der Waals surface area contributed by atoms with Crippen molar-refractivity contribution in [2.24, 2.45) is 17.8 Å². The van der Waals surface area contributed by atoms with E-state index >= 15 is 0 Å². The van der Waals surface area contributed by atoms with E-state index in [-0.39, 0.29) is 11.8 Å². The third-order valence-corrected chi connectivity index (χ3v) is 7.09. The zero-order valence-electron chi connectivity index (χ0n) is 18.9. The number of amides is 2. The molecule has 29 heavy (non-hydrogen) atoms. The van der Waals surface area contributed by atoms with Gasteiger partial charge in [-0.2, -0.15) is 0 Å². The SMILES string of the molecule is CC1CC(C)CN(C(=O)CN2CCN(CC(=O)N(C)CC3CCCCC3)CC2)C1. The molecule has 2 aliphatic heterocycles. The van der Waals surface area contributed by atoms with Gasteiger partial charge in [-0.3, -0.25) is 19.4 Å². The number of likely N-dealkylation sites (tertiary alicyclic amines) is 1. The molecule has 3 rings (SSSR count). The third-order valence-electron chi connectivity index (χ3n) is 7.09. The molecule has 6 nitrogen and oxygen atoms in total. The van der Waals surface area contributed by atoms with E-state index in [0.29, 0.717) is 30.8 Å². The molecule has 3 fully saturated rings. The molecule has 0 radical (unpaired) electrons. The van der Waals surface area contributed by atoms with Crippen molar-refractivity contribution < 1.29 is 9.59 Å². The van der Waals surface area contributed by atoms with Crippen LogP contribution < -0.4 is 0 Å². The summed E-state index contributed by atoms with van der Waals surface area (Å²) in [5.41, 5.74) is 0. The summed E-state index contributed by atoms with van der Waals surface area (Å²) in [6, 6.07) is 0. The number of hydrogen-bond donors (Lipinski definition) is 0. The first-order valence-corrected chi connectivity index (χ1v) is 11.9. The van der Waals surface area contributed by atoms with Gasteiger partial charge in [0.15, 0.2) is 0 Å². The van der Waals surface area contributed by atoms with Crippen molar-refractivity contribution in [2.45, 2.75) is 52.4 Å². The minimum absolute atomic E-state index is 0.247. The third kappa shape index (κ3) is 6.95. The zero-order valence-corrected chi connectivity index (χ0v) is 18.9. The normalized spacial score (nSPS) is 27.8. The van der Waals surface area contributed by atoms with Crippen LogP contribution >= 0.6 is 0 Å². The smallest absolute Gasteiger partial charge is 0.236 e. The van der Waals surface area contributed by atoms with Crippen molar-refractivity contribution in [3.8, 4) is 0 Å². The summed E-state index contributed by atoms with van der Waals surface area (Å²) in [5, 5.41) is 0. The Morgan fingerprint density at radius 3 is 2.00 bits per heavy atom. The number of nitrogens with zero attached hydrogens (tertiary/aromatic N) is 4. The van der Waals surface area contributed by atoms with Crippen LogP contribution in [0.25, 0.3) is 0 Å². The molecule has 166 valence electrons. The lowest BCUT2D eigenvalue weighted by Crippen LogP contribution is -2.53. The summed E-state index contributed by atoms with van der Waals surface area (Å²) in [6.45, 7) is 11.8. The van der Waals surface area contributed by atoms with Crippen LogP contribution in [0.1, 0.15) is 52.4 Å². The molecule has 0 aromatic rings. The Kier molecular flexibility index (Phi) is 8.36. The Morgan fingerprint density at radius 2 is 1.41 bits per heavy atom. The van der Waals surface area contributed by atoms with Crippen LogP contribution in [0.3, 0.4) is 0 Å². The van der Waals surface area contributed by atoms with Crippen LogP contribution in [0, 0.1) is 17.8 Å². The lowest BCUT2D eigenvalue weighted by atomic mass is 9.89. The fourth-order valence-corrected chi connectivity index (χ4v) is 5.43. The molecule has 0 aromatic carbocycles. The van der Waals surface area contributed by atoms with E-state index in [1.165, 1.54) is 38.5 Å². The molecular weight excluding hydrogens is 364 g/mol. The van der Waals surface area contributed by atoms with E-state index in [1.54, 1.807) is 0 Å². The van der Waals surface area contributed by atoms with Crippen molar-refractivity contribution in [1.29, 1.82) is 0 Å². The quantitative estimate of drug-likeness (QED) is 0.678. The fourth-order valence-electron chi connectivity index (χ4n) is 5.43. The molecule has 2 saturated heterocycles. The van der Waals surface area contributed by atoms with Crippen molar-refractivity contribution in [3.05, 3.63) is 0 Å². The molecule has 2 unspecified atom stereocenters. The van der Waals surface area contributed by atoms with Crippen molar-refractivity contribution in [1.82, 2.24) is 19.6 Å². The Morgan fingerprint density at radius 1 is 0.862 bits per heavy atom. The topological polar surface area (TPSA) is 47.1 Å². The van der Waals surface area contributed by atoms with Crippen LogP contribution in [-0.2, 0) is 9.59 Å². The van der Waals surface area contributed by atoms with Crippen molar-refractivity contribution in [3.63, 3.8) is 0 Å². The van der Waals surface area contributed by atoms with Gasteiger partial charge in [-0.25, -0.2) is 0 Å². The monoisotopic (exact) mass is 406 g/mol. The van der Waals surface area contributed by atoms with Gasteiger partial charge in [-0.05, 0) is 37.0 Å². The van der Waals surface area contributed by atoms with Crippen LogP contribution in [-0.4, -0.2) is 97.4 Å². The van der Waals surface area contributed by atoms with Gasteiger partial charge in [-0.15, -0.1) is 0 Å². The number of carbonyl (C=O) groups excluding carboxylic acids is 2. The summed E-state index contributed by atoms with van der Waals surface area (Å²) in [5.74, 6) is 2.43. The molecule has 0 aromatic heterocycles. The van der Waals surface area contributed by atoms with Gasteiger partial charge < -0.3 is 9.80 Å². The first-order valence-electron chi connectivity index (χ1n) is 11.9. The minimum Gasteiger partial charge on any atom is -0.344 e. The lowest BCUT2D eigenvalue weighted by molar-refractivity contribution is -0.136. The summed E-state index contributed by atoms with van der Waals surface area (Å²) >= 11 is 0. The maximum absolute atomic E-state index is 12.7.